The van der Waals surface area contributed by atoms with Gasteiger partial charge < -0.3 is 54.5 Å². The van der Waals surface area contributed by atoms with E-state index in [1.165, 1.54) is 30.1 Å². The second-order valence-electron chi connectivity index (χ2n) is 17.2. The maximum atomic E-state index is 13.7. The lowest BCUT2D eigenvalue weighted by atomic mass is 9.99. The summed E-state index contributed by atoms with van der Waals surface area (Å²) >= 11 is 6.37. The van der Waals surface area contributed by atoms with Crippen LogP contribution in [0.2, 0.25) is 5.02 Å². The highest BCUT2D eigenvalue weighted by molar-refractivity contribution is 6.33. The molecule has 1 saturated heterocycles. The van der Waals surface area contributed by atoms with E-state index < -0.39 is 35.7 Å². The van der Waals surface area contributed by atoms with Crippen LogP contribution < -0.4 is 20.3 Å². The Bertz CT molecular complexity index is 2490. The van der Waals surface area contributed by atoms with Gasteiger partial charge in [-0.05, 0) is 36.4 Å². The van der Waals surface area contributed by atoms with Crippen molar-refractivity contribution >= 4 is 52.9 Å². The molecule has 0 atom stereocenters. The zero-order valence-electron chi connectivity index (χ0n) is 45.5. The SMILES string of the molecule is [2H]OC(=O)CN1CCN(CC(=O)NCCOCCOCCOCCOCCNC(=O)CCOc2ccccc2N(C)C(=O)c2ccc(Cl)c(-c3cnc(C(F)(F)F)cc3C#N)c2)CCN(CC(=O)O[2H])CCN(CC(=O)O[2H])CC1. The number of para-hydroxylation sites is 2. The minimum absolute atomic E-state index is 0.00441. The van der Waals surface area contributed by atoms with Crippen molar-refractivity contribution in [3.8, 4) is 22.9 Å². The van der Waals surface area contributed by atoms with Gasteiger partial charge in [-0.2, -0.15) is 18.4 Å². The Kier molecular flexibility index (Phi) is 25.4. The first-order chi connectivity index (χ1) is 38.4. The molecule has 1 fully saturated rings. The van der Waals surface area contributed by atoms with E-state index in [1.807, 2.05) is 4.90 Å². The summed E-state index contributed by atoms with van der Waals surface area (Å²) < 4.78 is 88.6. The Morgan fingerprint density at radius 2 is 1.17 bits per heavy atom. The number of carbonyl (C=O) groups is 6. The van der Waals surface area contributed by atoms with Crippen LogP contribution in [0.5, 0.6) is 5.75 Å². The summed E-state index contributed by atoms with van der Waals surface area (Å²) in [6, 6.07) is 13.2. The van der Waals surface area contributed by atoms with Crippen molar-refractivity contribution in [3.05, 3.63) is 76.6 Å². The fourth-order valence-electron chi connectivity index (χ4n) is 7.59. The number of alkyl halides is 3. The van der Waals surface area contributed by atoms with Crippen molar-refractivity contribution in [1.82, 2.24) is 35.2 Å². The number of nitriles is 1. The molecule has 4 rings (SSSR count). The van der Waals surface area contributed by atoms with Gasteiger partial charge in [0, 0.05) is 100 Å². The predicted molar refractivity (Wildman–Crippen MR) is 272 cm³/mol. The molecule has 2 heterocycles. The third kappa shape index (κ3) is 23.7. The molecule has 1 aliphatic heterocycles. The van der Waals surface area contributed by atoms with Crippen LogP contribution in [-0.2, 0) is 49.1 Å². The summed E-state index contributed by atoms with van der Waals surface area (Å²) in [4.78, 5) is 86.7. The number of carboxylic acids is 3. The second kappa shape index (κ2) is 33.6. The Balaban J connectivity index is 1.05. The molecule has 0 spiro atoms. The second-order valence-corrected chi connectivity index (χ2v) is 17.6. The van der Waals surface area contributed by atoms with E-state index in [2.05, 4.69) is 30.9 Å². The molecule has 77 heavy (non-hydrogen) atoms. The molecule has 0 saturated carbocycles. The molecule has 0 radical (unpaired) electrons. The highest BCUT2D eigenvalue weighted by Gasteiger charge is 2.33. The number of halogens is 4. The number of hydrogen-bond donors (Lipinski definition) is 5. The number of hydrogen-bond acceptors (Lipinski definition) is 20. The van der Waals surface area contributed by atoms with E-state index in [9.17, 15) is 47.2 Å². The number of rotatable bonds is 30. The number of anilines is 1. The van der Waals surface area contributed by atoms with Crippen molar-refractivity contribution in [2.24, 2.45) is 0 Å². The summed E-state index contributed by atoms with van der Waals surface area (Å²) in [6.45, 7) is 4.24. The van der Waals surface area contributed by atoms with E-state index in [4.69, 9.17) is 39.6 Å². The van der Waals surface area contributed by atoms with Crippen LogP contribution >= 0.6 is 11.6 Å². The van der Waals surface area contributed by atoms with E-state index in [-0.39, 0.29) is 157 Å². The Hall–Kier alpha value is -6.54. The minimum atomic E-state index is -4.77. The summed E-state index contributed by atoms with van der Waals surface area (Å²) in [5.74, 6) is -3.17. The van der Waals surface area contributed by atoms with Gasteiger partial charge in [0.25, 0.3) is 10.2 Å². The Morgan fingerprint density at radius 3 is 1.66 bits per heavy atom. The Morgan fingerprint density at radius 1 is 0.688 bits per heavy atom. The fourth-order valence-corrected chi connectivity index (χ4v) is 7.81. The van der Waals surface area contributed by atoms with Gasteiger partial charge >= 0.3 is 24.1 Å². The van der Waals surface area contributed by atoms with Gasteiger partial charge in [0.15, 0.2) is 0 Å². The van der Waals surface area contributed by atoms with Gasteiger partial charge in [0.2, 0.25) is 11.8 Å². The average molecular weight is 1110 g/mol. The van der Waals surface area contributed by atoms with Gasteiger partial charge in [-0.1, -0.05) is 23.7 Å². The van der Waals surface area contributed by atoms with Crippen LogP contribution in [-0.4, -0.2) is 234 Å². The number of nitrogens with zero attached hydrogens (tertiary/aromatic N) is 7. The number of aliphatic carboxylic acids is 3. The van der Waals surface area contributed by atoms with Crippen molar-refractivity contribution in [2.45, 2.75) is 12.6 Å². The number of nitrogens with one attached hydrogen (secondary N) is 2. The van der Waals surface area contributed by atoms with E-state index in [0.717, 1.165) is 6.20 Å². The molecule has 5 N–H and O–H groups in total. The van der Waals surface area contributed by atoms with Gasteiger partial charge in [-0.15, -0.1) is 0 Å². The van der Waals surface area contributed by atoms with E-state index >= 15 is 0 Å². The Labute approximate surface area is 452 Å². The number of amides is 3. The molecular weight excluding hydrogens is 1040 g/mol. The van der Waals surface area contributed by atoms with Crippen LogP contribution in [0.25, 0.3) is 15.4 Å². The highest BCUT2D eigenvalue weighted by Crippen LogP contribution is 2.36. The van der Waals surface area contributed by atoms with Crippen molar-refractivity contribution in [2.75, 3.05) is 163 Å². The molecule has 1 aliphatic rings. The number of carboxylic acid groups (broad SMARTS) is 3. The third-order valence-electron chi connectivity index (χ3n) is 11.5. The summed E-state index contributed by atoms with van der Waals surface area (Å²) in [7, 11) is 1.50. The van der Waals surface area contributed by atoms with E-state index in [1.54, 1.807) is 45.0 Å². The number of aromatic nitrogens is 1. The smallest absolute Gasteiger partial charge is 0.433 e. The maximum absolute atomic E-state index is 13.7. The lowest BCUT2D eigenvalue weighted by Crippen LogP contribution is -2.50. The lowest BCUT2D eigenvalue weighted by molar-refractivity contribution is -0.141. The van der Waals surface area contributed by atoms with Gasteiger partial charge in [-0.3, -0.25) is 53.4 Å². The summed E-state index contributed by atoms with van der Waals surface area (Å²) in [5, 5.41) is 27.5. The highest BCUT2D eigenvalue weighted by atomic mass is 35.5. The number of ether oxygens (including phenoxy) is 5. The molecule has 27 heteroatoms. The molecule has 3 aromatic rings. The minimum Gasteiger partial charge on any atom is -0.491 e. The maximum Gasteiger partial charge on any atom is 0.433 e. The molecule has 2 aromatic carbocycles. The van der Waals surface area contributed by atoms with Crippen LogP contribution in [0.4, 0.5) is 18.9 Å². The molecule has 1 aromatic heterocycles. The lowest BCUT2D eigenvalue weighted by Gasteiger charge is -2.32. The fraction of sp³-hybridized carbons (Fsp3) is 0.520. The van der Waals surface area contributed by atoms with Gasteiger partial charge in [-0.25, -0.2) is 0 Å². The third-order valence-corrected chi connectivity index (χ3v) is 11.9. The van der Waals surface area contributed by atoms with Crippen LogP contribution in [0, 0.1) is 11.3 Å². The van der Waals surface area contributed by atoms with Crippen molar-refractivity contribution < 1.29 is 80.9 Å². The normalized spacial score (nSPS) is 14.8. The largest absolute Gasteiger partial charge is 0.491 e. The first-order valence-electron chi connectivity index (χ1n) is 25.7. The predicted octanol–water partition coefficient (Wildman–Crippen LogP) is 2.11. The molecule has 422 valence electrons. The first kappa shape index (κ1) is 58.1. The van der Waals surface area contributed by atoms with Crippen LogP contribution in [0.15, 0.2) is 54.7 Å². The quantitative estimate of drug-likeness (QED) is 0.0598. The van der Waals surface area contributed by atoms with Crippen molar-refractivity contribution in [3.63, 3.8) is 0 Å². The molecular formula is C50H65ClF3N9O14. The first-order valence-corrected chi connectivity index (χ1v) is 24.8. The monoisotopic (exact) mass is 1110 g/mol. The molecule has 0 unspecified atom stereocenters. The van der Waals surface area contributed by atoms with E-state index in [0.29, 0.717) is 56.9 Å². The molecule has 23 nitrogen and oxygen atoms in total. The van der Waals surface area contributed by atoms with Crippen molar-refractivity contribution in [1.29, 1.82) is 9.56 Å². The zero-order chi connectivity index (χ0) is 58.3. The standard InChI is InChI=1S/C50H65ClF3N9O14/c1-59(49(72)36-6-7-40(51)38(28-36)39-31-58-43(50(52,53)54)29-37(39)30-55)41-4-2-3-5-42(41)77-19-8-44(64)56-9-20-73-22-24-75-26-27-76-25-23-74-21-10-57-45(65)32-60-11-13-61(33-46(66)67)15-17-63(35-48(70)71)18-16-62(14-12-60)34-47(68)69/h2-7,28-29,31H,8-27,32-35H2,1H3,(H,56,64)(H,57,65)(H,66,67)(H,68,69)(H,70,71)/i/hD3. The number of carbonyl (C=O) groups excluding carboxylic acids is 3. The molecule has 0 aliphatic carbocycles. The average Bonchev–Trinajstić information content (AvgIpc) is 3.51. The number of pyridine rings is 1. The summed E-state index contributed by atoms with van der Waals surface area (Å²) in [5.41, 5.74) is -0.920. The summed E-state index contributed by atoms with van der Waals surface area (Å²) in [6.07, 6.45) is -3.88. The van der Waals surface area contributed by atoms with Crippen LogP contribution in [0.3, 0.4) is 0 Å². The van der Waals surface area contributed by atoms with Gasteiger partial charge in [0.1, 0.15) is 11.4 Å². The number of benzene rings is 2. The molecule has 3 amide bonds. The molecule has 0 bridgehead atoms. The topological polar surface area (TPSA) is 286 Å². The zero-order valence-corrected chi connectivity index (χ0v) is 43.3. The van der Waals surface area contributed by atoms with Crippen LogP contribution in [0.1, 0.15) is 28.0 Å². The van der Waals surface area contributed by atoms with Gasteiger partial charge in [0.05, 0.1) is 109 Å².